The van der Waals surface area contributed by atoms with Gasteiger partial charge in [0.15, 0.2) is 0 Å². The summed E-state index contributed by atoms with van der Waals surface area (Å²) < 4.78 is 18.5. The number of amides is 1. The van der Waals surface area contributed by atoms with Gasteiger partial charge in [-0.1, -0.05) is 0 Å². The zero-order valence-corrected chi connectivity index (χ0v) is 11.0. The smallest absolute Gasteiger partial charge is 0.282 e. The highest BCUT2D eigenvalue weighted by Crippen LogP contribution is 2.21. The Morgan fingerprint density at radius 3 is 2.95 bits per heavy atom. The molecule has 1 amide bonds. The standard InChI is InChI=1S/C13H15FN2O4/c1-8-6-10(4-5-20-8)15-13(17)11-7-9(14)2-3-12(11)16(18)19/h2-3,7-8,10H,4-6H2,1H3,(H,15,17). The summed E-state index contributed by atoms with van der Waals surface area (Å²) in [5.74, 6) is -1.31. The van der Waals surface area contributed by atoms with Crippen molar-refractivity contribution in [3.63, 3.8) is 0 Å². The second-order valence-corrected chi connectivity index (χ2v) is 4.79. The molecule has 2 rings (SSSR count). The van der Waals surface area contributed by atoms with Gasteiger partial charge >= 0.3 is 0 Å². The van der Waals surface area contributed by atoms with E-state index in [2.05, 4.69) is 5.32 Å². The summed E-state index contributed by atoms with van der Waals surface area (Å²) in [5, 5.41) is 13.6. The molecule has 7 heteroatoms. The molecule has 1 aromatic rings. The number of halogens is 1. The topological polar surface area (TPSA) is 81.5 Å². The van der Waals surface area contributed by atoms with E-state index in [9.17, 15) is 19.3 Å². The summed E-state index contributed by atoms with van der Waals surface area (Å²) in [5.41, 5.74) is -0.654. The molecule has 1 heterocycles. The normalized spacial score (nSPS) is 22.3. The number of nitro benzene ring substituents is 1. The number of rotatable bonds is 3. The lowest BCUT2D eigenvalue weighted by molar-refractivity contribution is -0.385. The zero-order valence-electron chi connectivity index (χ0n) is 11.0. The molecule has 0 saturated carbocycles. The number of hydrogen-bond acceptors (Lipinski definition) is 4. The molecule has 0 spiro atoms. The summed E-state index contributed by atoms with van der Waals surface area (Å²) in [7, 11) is 0. The van der Waals surface area contributed by atoms with Crippen LogP contribution in [0.4, 0.5) is 10.1 Å². The van der Waals surface area contributed by atoms with Crippen LogP contribution in [-0.4, -0.2) is 29.6 Å². The van der Waals surface area contributed by atoms with E-state index in [4.69, 9.17) is 4.74 Å². The minimum Gasteiger partial charge on any atom is -0.378 e. The van der Waals surface area contributed by atoms with Crippen LogP contribution < -0.4 is 5.32 Å². The SMILES string of the molecule is CC1CC(NC(=O)c2cc(F)ccc2[N+](=O)[O-])CCO1. The van der Waals surface area contributed by atoms with Crippen LogP contribution >= 0.6 is 0 Å². The van der Waals surface area contributed by atoms with Crippen LogP contribution in [0.2, 0.25) is 0 Å². The molecule has 0 aromatic heterocycles. The van der Waals surface area contributed by atoms with Crippen LogP contribution in [0.25, 0.3) is 0 Å². The van der Waals surface area contributed by atoms with Gasteiger partial charge < -0.3 is 10.1 Å². The maximum atomic E-state index is 13.2. The Morgan fingerprint density at radius 2 is 2.30 bits per heavy atom. The van der Waals surface area contributed by atoms with E-state index in [1.165, 1.54) is 0 Å². The Labute approximate surface area is 115 Å². The molecule has 1 aromatic carbocycles. The Morgan fingerprint density at radius 1 is 1.55 bits per heavy atom. The third kappa shape index (κ3) is 3.30. The maximum absolute atomic E-state index is 13.2. The number of hydrogen-bond donors (Lipinski definition) is 1. The number of nitrogens with one attached hydrogen (secondary N) is 1. The van der Waals surface area contributed by atoms with E-state index in [0.717, 1.165) is 18.2 Å². The van der Waals surface area contributed by atoms with Gasteiger partial charge in [-0.15, -0.1) is 0 Å². The molecule has 108 valence electrons. The number of ether oxygens (including phenoxy) is 1. The molecule has 2 atom stereocenters. The van der Waals surface area contributed by atoms with E-state index >= 15 is 0 Å². The molecule has 1 N–H and O–H groups in total. The summed E-state index contributed by atoms with van der Waals surface area (Å²) in [6, 6.07) is 2.73. The van der Waals surface area contributed by atoms with Gasteiger partial charge in [-0.3, -0.25) is 14.9 Å². The number of nitro groups is 1. The molecule has 20 heavy (non-hydrogen) atoms. The fraction of sp³-hybridized carbons (Fsp3) is 0.462. The lowest BCUT2D eigenvalue weighted by Gasteiger charge is -2.27. The van der Waals surface area contributed by atoms with E-state index in [0.29, 0.717) is 19.4 Å². The molecule has 2 unspecified atom stereocenters. The van der Waals surface area contributed by atoms with Gasteiger partial charge in [0, 0.05) is 18.7 Å². The highest BCUT2D eigenvalue weighted by molar-refractivity contribution is 5.98. The van der Waals surface area contributed by atoms with Crippen LogP contribution in [0.15, 0.2) is 18.2 Å². The van der Waals surface area contributed by atoms with Gasteiger partial charge in [-0.2, -0.15) is 0 Å². The molecule has 0 bridgehead atoms. The molecule has 1 aliphatic heterocycles. The lowest BCUT2D eigenvalue weighted by Crippen LogP contribution is -2.41. The highest BCUT2D eigenvalue weighted by atomic mass is 19.1. The van der Waals surface area contributed by atoms with Crippen molar-refractivity contribution in [1.29, 1.82) is 0 Å². The van der Waals surface area contributed by atoms with Crippen LogP contribution in [-0.2, 0) is 4.74 Å². The highest BCUT2D eigenvalue weighted by Gasteiger charge is 2.25. The first kappa shape index (κ1) is 14.4. The molecule has 0 radical (unpaired) electrons. The molecule has 6 nitrogen and oxygen atoms in total. The first-order valence-electron chi connectivity index (χ1n) is 6.34. The van der Waals surface area contributed by atoms with Crippen LogP contribution in [0.3, 0.4) is 0 Å². The van der Waals surface area contributed by atoms with Crippen molar-refractivity contribution in [3.05, 3.63) is 39.7 Å². The van der Waals surface area contributed by atoms with Gasteiger partial charge in [-0.05, 0) is 31.9 Å². The van der Waals surface area contributed by atoms with Gasteiger partial charge in [0.2, 0.25) is 0 Å². The second kappa shape index (κ2) is 5.96. The number of benzene rings is 1. The largest absolute Gasteiger partial charge is 0.378 e. The van der Waals surface area contributed by atoms with Gasteiger partial charge in [0.25, 0.3) is 11.6 Å². The van der Waals surface area contributed by atoms with E-state index in [1.54, 1.807) is 0 Å². The number of carbonyl (C=O) groups is 1. The molecule has 1 aliphatic rings. The van der Waals surface area contributed by atoms with Gasteiger partial charge in [-0.25, -0.2) is 4.39 Å². The molecule has 1 saturated heterocycles. The van der Waals surface area contributed by atoms with Crippen molar-refractivity contribution < 1.29 is 18.8 Å². The third-order valence-corrected chi connectivity index (χ3v) is 3.22. The van der Waals surface area contributed by atoms with Crippen LogP contribution in [0.5, 0.6) is 0 Å². The Hall–Kier alpha value is -2.02. The van der Waals surface area contributed by atoms with Crippen molar-refractivity contribution in [2.24, 2.45) is 0 Å². The third-order valence-electron chi connectivity index (χ3n) is 3.22. The zero-order chi connectivity index (χ0) is 14.7. The van der Waals surface area contributed by atoms with Crippen molar-refractivity contribution in [2.45, 2.75) is 31.9 Å². The fourth-order valence-electron chi connectivity index (χ4n) is 2.24. The van der Waals surface area contributed by atoms with Crippen molar-refractivity contribution in [2.75, 3.05) is 6.61 Å². The average Bonchev–Trinajstić information content (AvgIpc) is 2.38. The second-order valence-electron chi connectivity index (χ2n) is 4.79. The first-order chi connectivity index (χ1) is 9.47. The summed E-state index contributed by atoms with van der Waals surface area (Å²) in [6.45, 7) is 2.42. The number of carbonyl (C=O) groups excluding carboxylic acids is 1. The summed E-state index contributed by atoms with van der Waals surface area (Å²) in [6.07, 6.45) is 1.30. The first-order valence-corrected chi connectivity index (χ1v) is 6.34. The Balaban J connectivity index is 2.16. The minimum absolute atomic E-state index is 0.0246. The summed E-state index contributed by atoms with van der Waals surface area (Å²) >= 11 is 0. The van der Waals surface area contributed by atoms with E-state index < -0.39 is 22.3 Å². The predicted octanol–water partition coefficient (Wildman–Crippen LogP) is 2.03. The van der Waals surface area contributed by atoms with Gasteiger partial charge in [0.1, 0.15) is 11.4 Å². The Bertz CT molecular complexity index is 535. The van der Waals surface area contributed by atoms with Crippen molar-refractivity contribution >= 4 is 11.6 Å². The summed E-state index contributed by atoms with van der Waals surface area (Å²) in [4.78, 5) is 22.2. The average molecular weight is 282 g/mol. The molecule has 1 fully saturated rings. The van der Waals surface area contributed by atoms with Crippen molar-refractivity contribution in [1.82, 2.24) is 5.32 Å². The van der Waals surface area contributed by atoms with Crippen molar-refractivity contribution in [3.8, 4) is 0 Å². The quantitative estimate of drug-likeness (QED) is 0.679. The lowest BCUT2D eigenvalue weighted by atomic mass is 10.0. The Kier molecular flexibility index (Phi) is 4.29. The number of nitrogens with zero attached hydrogens (tertiary/aromatic N) is 1. The van der Waals surface area contributed by atoms with Crippen LogP contribution in [0.1, 0.15) is 30.1 Å². The monoisotopic (exact) mass is 282 g/mol. The molecular formula is C13H15FN2O4. The molecule has 0 aliphatic carbocycles. The fourth-order valence-corrected chi connectivity index (χ4v) is 2.24. The molecular weight excluding hydrogens is 267 g/mol. The minimum atomic E-state index is -0.693. The van der Waals surface area contributed by atoms with Gasteiger partial charge in [0.05, 0.1) is 11.0 Å². The van der Waals surface area contributed by atoms with E-state index in [1.807, 2.05) is 6.92 Å². The van der Waals surface area contributed by atoms with E-state index in [-0.39, 0.29) is 17.7 Å². The van der Waals surface area contributed by atoms with Crippen LogP contribution in [0, 0.1) is 15.9 Å². The maximum Gasteiger partial charge on any atom is 0.282 e. The predicted molar refractivity (Wildman–Crippen MR) is 69.0 cm³/mol.